The van der Waals surface area contributed by atoms with Gasteiger partial charge in [-0.25, -0.2) is 4.98 Å². The molecule has 2 aromatic carbocycles. The Morgan fingerprint density at radius 1 is 1.13 bits per heavy atom. The number of fused-ring (bicyclic) bond motifs is 3. The molecular weight excluding hydrogens is 398 g/mol. The predicted octanol–water partition coefficient (Wildman–Crippen LogP) is 5.34. The molecule has 3 heterocycles. The fraction of sp³-hybridized carbons (Fsp3) is 0.136. The molecule has 0 atom stereocenters. The van der Waals surface area contributed by atoms with E-state index in [4.69, 9.17) is 9.26 Å². The van der Waals surface area contributed by atoms with Crippen LogP contribution in [0.15, 0.2) is 53.2 Å². The summed E-state index contributed by atoms with van der Waals surface area (Å²) in [6, 6.07) is 11.7. The number of nitrogens with one attached hydrogen (secondary N) is 1. The van der Waals surface area contributed by atoms with Gasteiger partial charge in [-0.3, -0.25) is 10.1 Å². The van der Waals surface area contributed by atoms with Crippen LogP contribution in [0.3, 0.4) is 0 Å². The second-order valence-corrected chi connectivity index (χ2v) is 7.08. The van der Waals surface area contributed by atoms with Gasteiger partial charge in [-0.1, -0.05) is 12.1 Å². The SMILES string of the molecule is CCc1noc(-c2ncc3[nH]c4ccc(Oc5ccc([N+](=O)[O-])cc5)cc4c3c2C)n1. The molecule has 5 rings (SSSR count). The average Bonchev–Trinajstić information content (AvgIpc) is 3.39. The number of hydrogen-bond donors (Lipinski definition) is 1. The van der Waals surface area contributed by atoms with E-state index in [1.165, 1.54) is 12.1 Å². The van der Waals surface area contributed by atoms with Crippen molar-refractivity contribution in [2.75, 3.05) is 0 Å². The molecule has 3 aromatic heterocycles. The van der Waals surface area contributed by atoms with E-state index >= 15 is 0 Å². The Morgan fingerprint density at radius 2 is 1.90 bits per heavy atom. The first-order valence-corrected chi connectivity index (χ1v) is 9.70. The van der Waals surface area contributed by atoms with Gasteiger partial charge in [0.1, 0.15) is 17.2 Å². The number of aryl methyl sites for hydroxylation is 2. The number of nitro groups is 1. The maximum atomic E-state index is 10.8. The zero-order chi connectivity index (χ0) is 21.5. The molecule has 0 aliphatic rings. The molecule has 0 unspecified atom stereocenters. The van der Waals surface area contributed by atoms with Crippen LogP contribution >= 0.6 is 0 Å². The van der Waals surface area contributed by atoms with Crippen LogP contribution in [0.2, 0.25) is 0 Å². The summed E-state index contributed by atoms with van der Waals surface area (Å²) in [4.78, 5) is 22.7. The van der Waals surface area contributed by atoms with Crippen molar-refractivity contribution < 1.29 is 14.2 Å². The lowest BCUT2D eigenvalue weighted by Gasteiger charge is -2.06. The molecule has 0 amide bonds. The van der Waals surface area contributed by atoms with Crippen LogP contribution in [0.5, 0.6) is 11.5 Å². The van der Waals surface area contributed by atoms with Crippen molar-refractivity contribution in [3.63, 3.8) is 0 Å². The third kappa shape index (κ3) is 3.25. The first-order chi connectivity index (χ1) is 15.0. The Bertz CT molecular complexity index is 1440. The maximum absolute atomic E-state index is 10.8. The van der Waals surface area contributed by atoms with Crippen molar-refractivity contribution >= 4 is 27.5 Å². The first kappa shape index (κ1) is 18.7. The van der Waals surface area contributed by atoms with Gasteiger partial charge < -0.3 is 14.2 Å². The number of pyridine rings is 1. The minimum absolute atomic E-state index is 0.0161. The number of non-ortho nitro benzene ring substituents is 1. The van der Waals surface area contributed by atoms with E-state index < -0.39 is 4.92 Å². The van der Waals surface area contributed by atoms with Crippen molar-refractivity contribution in [1.82, 2.24) is 20.1 Å². The number of aromatic amines is 1. The van der Waals surface area contributed by atoms with Crippen molar-refractivity contribution in [3.05, 3.63) is 70.2 Å². The van der Waals surface area contributed by atoms with Crippen molar-refractivity contribution in [3.8, 4) is 23.1 Å². The predicted molar refractivity (Wildman–Crippen MR) is 114 cm³/mol. The highest BCUT2D eigenvalue weighted by atomic mass is 16.6. The number of ether oxygens (including phenoxy) is 1. The summed E-state index contributed by atoms with van der Waals surface area (Å²) in [5.41, 5.74) is 3.40. The fourth-order valence-electron chi connectivity index (χ4n) is 3.58. The Morgan fingerprint density at radius 3 is 2.61 bits per heavy atom. The van der Waals surface area contributed by atoms with Crippen LogP contribution in [0.4, 0.5) is 5.69 Å². The molecule has 1 N–H and O–H groups in total. The van der Waals surface area contributed by atoms with Gasteiger partial charge in [0, 0.05) is 34.8 Å². The summed E-state index contributed by atoms with van der Waals surface area (Å²) in [7, 11) is 0. The summed E-state index contributed by atoms with van der Waals surface area (Å²) in [5.74, 6) is 2.16. The Labute approximate surface area is 175 Å². The van der Waals surface area contributed by atoms with Crippen LogP contribution in [0.25, 0.3) is 33.4 Å². The van der Waals surface area contributed by atoms with Crippen LogP contribution < -0.4 is 4.74 Å². The average molecular weight is 415 g/mol. The van der Waals surface area contributed by atoms with Crippen molar-refractivity contribution in [2.24, 2.45) is 0 Å². The fourth-order valence-corrected chi connectivity index (χ4v) is 3.58. The molecule has 9 nitrogen and oxygen atoms in total. The highest BCUT2D eigenvalue weighted by Crippen LogP contribution is 2.35. The summed E-state index contributed by atoms with van der Waals surface area (Å²) in [6.07, 6.45) is 2.44. The lowest BCUT2D eigenvalue weighted by molar-refractivity contribution is -0.384. The minimum Gasteiger partial charge on any atom is -0.457 e. The molecule has 0 aliphatic heterocycles. The standard InChI is InChI=1S/C22H17N5O4/c1-3-19-25-22(31-26-19)21-12(2)20-16-10-15(8-9-17(16)24-18(20)11-23-21)30-14-6-4-13(5-7-14)27(28)29/h4-11,24H,3H2,1-2H3. The van der Waals surface area contributed by atoms with Gasteiger partial charge in [0.05, 0.1) is 16.6 Å². The number of H-pyrrole nitrogens is 1. The van der Waals surface area contributed by atoms with Gasteiger partial charge in [-0.2, -0.15) is 4.98 Å². The lowest BCUT2D eigenvalue weighted by Crippen LogP contribution is -1.90. The normalized spacial score (nSPS) is 11.3. The quantitative estimate of drug-likeness (QED) is 0.304. The van der Waals surface area contributed by atoms with Crippen LogP contribution in [0.1, 0.15) is 18.3 Å². The summed E-state index contributed by atoms with van der Waals surface area (Å²) < 4.78 is 11.3. The third-order valence-electron chi connectivity index (χ3n) is 5.12. The van der Waals surface area contributed by atoms with Crippen molar-refractivity contribution in [1.29, 1.82) is 0 Å². The Kier molecular flexibility index (Phi) is 4.36. The number of hydrogen-bond acceptors (Lipinski definition) is 7. The van der Waals surface area contributed by atoms with Crippen LogP contribution in [0, 0.1) is 17.0 Å². The number of aromatic nitrogens is 4. The molecule has 0 fully saturated rings. The van der Waals surface area contributed by atoms with Gasteiger partial charge in [-0.05, 0) is 42.8 Å². The van der Waals surface area contributed by atoms with Gasteiger partial charge in [-0.15, -0.1) is 0 Å². The van der Waals surface area contributed by atoms with E-state index in [0.717, 1.165) is 27.4 Å². The van der Waals surface area contributed by atoms with E-state index in [-0.39, 0.29) is 5.69 Å². The Balaban J connectivity index is 1.57. The van der Waals surface area contributed by atoms with Gasteiger partial charge in [0.25, 0.3) is 11.6 Å². The van der Waals surface area contributed by atoms with Gasteiger partial charge in [0.15, 0.2) is 5.82 Å². The molecule has 0 saturated carbocycles. The second-order valence-electron chi connectivity index (χ2n) is 7.08. The zero-order valence-electron chi connectivity index (χ0n) is 16.7. The summed E-state index contributed by atoms with van der Waals surface area (Å²) in [5, 5.41) is 16.8. The smallest absolute Gasteiger partial charge is 0.276 e. The molecule has 0 bridgehead atoms. The number of benzene rings is 2. The zero-order valence-corrected chi connectivity index (χ0v) is 16.7. The van der Waals surface area contributed by atoms with Gasteiger partial charge in [0.2, 0.25) is 0 Å². The van der Waals surface area contributed by atoms with Gasteiger partial charge >= 0.3 is 0 Å². The molecule has 5 aromatic rings. The monoisotopic (exact) mass is 415 g/mol. The molecule has 0 aliphatic carbocycles. The van der Waals surface area contributed by atoms with E-state index in [2.05, 4.69) is 20.1 Å². The maximum Gasteiger partial charge on any atom is 0.276 e. The molecule has 154 valence electrons. The summed E-state index contributed by atoms with van der Waals surface area (Å²) in [6.45, 7) is 3.93. The van der Waals surface area contributed by atoms with Crippen LogP contribution in [-0.4, -0.2) is 25.0 Å². The number of nitrogens with zero attached hydrogens (tertiary/aromatic N) is 4. The highest BCUT2D eigenvalue weighted by Gasteiger charge is 2.17. The molecule has 9 heteroatoms. The topological polar surface area (TPSA) is 120 Å². The molecule has 0 saturated heterocycles. The molecule has 31 heavy (non-hydrogen) atoms. The third-order valence-corrected chi connectivity index (χ3v) is 5.12. The number of rotatable bonds is 5. The first-order valence-electron chi connectivity index (χ1n) is 9.70. The van der Waals surface area contributed by atoms with E-state index in [0.29, 0.717) is 35.3 Å². The molecular formula is C22H17N5O4. The van der Waals surface area contributed by atoms with E-state index in [9.17, 15) is 10.1 Å². The minimum atomic E-state index is -0.441. The summed E-state index contributed by atoms with van der Waals surface area (Å²) >= 11 is 0. The lowest BCUT2D eigenvalue weighted by atomic mass is 10.1. The highest BCUT2D eigenvalue weighted by molar-refractivity contribution is 6.10. The van der Waals surface area contributed by atoms with E-state index in [1.807, 2.05) is 32.0 Å². The number of nitro benzene ring substituents is 1. The molecule has 0 spiro atoms. The van der Waals surface area contributed by atoms with Crippen LogP contribution in [-0.2, 0) is 6.42 Å². The molecule has 0 radical (unpaired) electrons. The second kappa shape index (κ2) is 7.21. The largest absolute Gasteiger partial charge is 0.457 e. The van der Waals surface area contributed by atoms with Crippen molar-refractivity contribution in [2.45, 2.75) is 20.3 Å². The Hall–Kier alpha value is -4.27. The van der Waals surface area contributed by atoms with E-state index in [1.54, 1.807) is 18.3 Å².